The largest absolute Gasteiger partial charge is 0.319 e. The minimum atomic E-state index is 0.101. The molecule has 2 rings (SSSR count). The first-order valence-electron chi connectivity index (χ1n) is 5.59. The van der Waals surface area contributed by atoms with Crippen LogP contribution in [0.1, 0.15) is 24.4 Å². The van der Waals surface area contributed by atoms with Crippen LogP contribution in [0.2, 0.25) is 10.0 Å². The van der Waals surface area contributed by atoms with Crippen molar-refractivity contribution in [1.29, 1.82) is 0 Å². The van der Waals surface area contributed by atoms with Gasteiger partial charge in [-0.2, -0.15) is 0 Å². The minimum absolute atomic E-state index is 0.101. The predicted octanol–water partition coefficient (Wildman–Crippen LogP) is 2.97. The number of hydrogen-bond donors (Lipinski definition) is 1. The Morgan fingerprint density at radius 1 is 1.39 bits per heavy atom. The second-order valence-electron chi connectivity index (χ2n) is 4.14. The van der Waals surface area contributed by atoms with Gasteiger partial charge in [0.15, 0.2) is 0 Å². The highest BCUT2D eigenvalue weighted by molar-refractivity contribution is 6.35. The van der Waals surface area contributed by atoms with Gasteiger partial charge in [0, 0.05) is 23.6 Å². The Morgan fingerprint density at radius 3 is 2.78 bits per heavy atom. The fourth-order valence-corrected chi connectivity index (χ4v) is 2.18. The molecule has 0 aliphatic rings. The van der Waals surface area contributed by atoms with Crippen molar-refractivity contribution in [2.24, 2.45) is 7.05 Å². The SMILES string of the molecule is CC(NCc1ccc(Cl)cc1Cl)c1nncn1C. The van der Waals surface area contributed by atoms with E-state index in [0.29, 0.717) is 16.6 Å². The lowest BCUT2D eigenvalue weighted by Gasteiger charge is -2.13. The number of halogens is 2. The molecule has 0 radical (unpaired) electrons. The maximum Gasteiger partial charge on any atom is 0.149 e. The molecular weight excluding hydrogens is 271 g/mol. The first-order valence-corrected chi connectivity index (χ1v) is 6.34. The van der Waals surface area contributed by atoms with E-state index in [1.54, 1.807) is 12.4 Å². The third-order valence-electron chi connectivity index (χ3n) is 2.75. The summed E-state index contributed by atoms with van der Waals surface area (Å²) in [4.78, 5) is 0. The zero-order valence-electron chi connectivity index (χ0n) is 10.2. The average molecular weight is 285 g/mol. The summed E-state index contributed by atoms with van der Waals surface area (Å²) in [6.45, 7) is 2.69. The minimum Gasteiger partial charge on any atom is -0.319 e. The second-order valence-corrected chi connectivity index (χ2v) is 4.98. The van der Waals surface area contributed by atoms with E-state index in [4.69, 9.17) is 23.2 Å². The quantitative estimate of drug-likeness (QED) is 0.939. The summed E-state index contributed by atoms with van der Waals surface area (Å²) < 4.78 is 1.89. The van der Waals surface area contributed by atoms with Crippen LogP contribution >= 0.6 is 23.2 Å². The number of aromatic nitrogens is 3. The standard InChI is InChI=1S/C12H14Cl2N4/c1-8(12-17-16-7-18(12)2)15-6-9-3-4-10(13)5-11(9)14/h3-5,7-8,15H,6H2,1-2H3. The Labute approximate surface area is 116 Å². The van der Waals surface area contributed by atoms with Gasteiger partial charge in [0.05, 0.1) is 6.04 Å². The predicted molar refractivity (Wildman–Crippen MR) is 72.7 cm³/mol. The van der Waals surface area contributed by atoms with Crippen molar-refractivity contribution in [2.45, 2.75) is 19.5 Å². The fraction of sp³-hybridized carbons (Fsp3) is 0.333. The molecule has 0 saturated heterocycles. The number of benzene rings is 1. The van der Waals surface area contributed by atoms with E-state index < -0.39 is 0 Å². The maximum atomic E-state index is 6.11. The highest BCUT2D eigenvalue weighted by atomic mass is 35.5. The lowest BCUT2D eigenvalue weighted by molar-refractivity contribution is 0.528. The molecule has 0 amide bonds. The average Bonchev–Trinajstić information content (AvgIpc) is 2.74. The van der Waals surface area contributed by atoms with Crippen molar-refractivity contribution >= 4 is 23.2 Å². The summed E-state index contributed by atoms with van der Waals surface area (Å²) in [5.41, 5.74) is 1.01. The lowest BCUT2D eigenvalue weighted by atomic mass is 10.2. The van der Waals surface area contributed by atoms with E-state index in [9.17, 15) is 0 Å². The molecule has 1 unspecified atom stereocenters. The van der Waals surface area contributed by atoms with Crippen molar-refractivity contribution in [3.05, 3.63) is 46.0 Å². The molecule has 0 saturated carbocycles. The number of nitrogens with zero attached hydrogens (tertiary/aromatic N) is 3. The summed E-state index contributed by atoms with van der Waals surface area (Å²) in [6, 6.07) is 5.59. The van der Waals surface area contributed by atoms with Crippen LogP contribution in [-0.2, 0) is 13.6 Å². The Balaban J connectivity index is 2.01. The third-order valence-corrected chi connectivity index (χ3v) is 3.33. The van der Waals surface area contributed by atoms with Crippen LogP contribution in [0.3, 0.4) is 0 Å². The molecule has 0 aliphatic carbocycles. The van der Waals surface area contributed by atoms with Gasteiger partial charge in [-0.15, -0.1) is 10.2 Å². The molecule has 96 valence electrons. The Kier molecular flexibility index (Phi) is 4.22. The van der Waals surface area contributed by atoms with E-state index in [0.717, 1.165) is 11.4 Å². The Hall–Kier alpha value is -1.10. The Bertz CT molecular complexity index is 539. The number of hydrogen-bond acceptors (Lipinski definition) is 3. The molecule has 0 spiro atoms. The molecule has 1 aromatic heterocycles. The van der Waals surface area contributed by atoms with Crippen LogP contribution in [0.4, 0.5) is 0 Å². The van der Waals surface area contributed by atoms with Crippen LogP contribution in [0, 0.1) is 0 Å². The molecule has 6 heteroatoms. The van der Waals surface area contributed by atoms with Gasteiger partial charge in [0.25, 0.3) is 0 Å². The summed E-state index contributed by atoms with van der Waals surface area (Å²) in [5, 5.41) is 12.6. The molecule has 2 aromatic rings. The van der Waals surface area contributed by atoms with Gasteiger partial charge in [-0.25, -0.2) is 0 Å². The van der Waals surface area contributed by atoms with Crippen LogP contribution < -0.4 is 5.32 Å². The zero-order chi connectivity index (χ0) is 13.1. The third kappa shape index (κ3) is 3.02. The molecule has 0 bridgehead atoms. The molecule has 4 nitrogen and oxygen atoms in total. The summed E-state index contributed by atoms with van der Waals surface area (Å²) in [6.07, 6.45) is 1.68. The second kappa shape index (κ2) is 5.69. The van der Waals surface area contributed by atoms with Gasteiger partial charge in [-0.05, 0) is 24.6 Å². The summed E-state index contributed by atoms with van der Waals surface area (Å²) in [7, 11) is 1.92. The van der Waals surface area contributed by atoms with Gasteiger partial charge in [0.2, 0.25) is 0 Å². The highest BCUT2D eigenvalue weighted by Crippen LogP contribution is 2.21. The first kappa shape index (κ1) is 13.3. The molecule has 18 heavy (non-hydrogen) atoms. The van der Waals surface area contributed by atoms with E-state index in [2.05, 4.69) is 15.5 Å². The normalized spacial score (nSPS) is 12.7. The van der Waals surface area contributed by atoms with Gasteiger partial charge < -0.3 is 9.88 Å². The molecule has 1 atom stereocenters. The van der Waals surface area contributed by atoms with Crippen LogP contribution in [0.25, 0.3) is 0 Å². The number of rotatable bonds is 4. The zero-order valence-corrected chi connectivity index (χ0v) is 11.7. The maximum absolute atomic E-state index is 6.11. The van der Waals surface area contributed by atoms with E-state index >= 15 is 0 Å². The van der Waals surface area contributed by atoms with Crippen molar-refractivity contribution in [2.75, 3.05) is 0 Å². The molecule has 1 heterocycles. The molecule has 1 N–H and O–H groups in total. The summed E-state index contributed by atoms with van der Waals surface area (Å²) >= 11 is 12.0. The highest BCUT2D eigenvalue weighted by Gasteiger charge is 2.11. The number of nitrogens with one attached hydrogen (secondary N) is 1. The van der Waals surface area contributed by atoms with Crippen molar-refractivity contribution in [3.8, 4) is 0 Å². The summed E-state index contributed by atoms with van der Waals surface area (Å²) in [5.74, 6) is 0.889. The van der Waals surface area contributed by atoms with Crippen LogP contribution in [0.5, 0.6) is 0 Å². The monoisotopic (exact) mass is 284 g/mol. The first-order chi connectivity index (χ1) is 8.58. The van der Waals surface area contributed by atoms with Gasteiger partial charge in [0.1, 0.15) is 12.2 Å². The van der Waals surface area contributed by atoms with E-state index in [1.165, 1.54) is 0 Å². The molecule has 0 aliphatic heterocycles. The van der Waals surface area contributed by atoms with E-state index in [1.807, 2.05) is 30.7 Å². The van der Waals surface area contributed by atoms with Crippen LogP contribution in [-0.4, -0.2) is 14.8 Å². The molecular formula is C12H14Cl2N4. The van der Waals surface area contributed by atoms with Gasteiger partial charge >= 0.3 is 0 Å². The van der Waals surface area contributed by atoms with Crippen molar-refractivity contribution < 1.29 is 0 Å². The smallest absolute Gasteiger partial charge is 0.149 e. The van der Waals surface area contributed by atoms with Crippen molar-refractivity contribution in [3.63, 3.8) is 0 Å². The van der Waals surface area contributed by atoms with E-state index in [-0.39, 0.29) is 6.04 Å². The molecule has 1 aromatic carbocycles. The van der Waals surface area contributed by atoms with Gasteiger partial charge in [-0.3, -0.25) is 0 Å². The molecule has 0 fully saturated rings. The van der Waals surface area contributed by atoms with Gasteiger partial charge in [-0.1, -0.05) is 29.3 Å². The van der Waals surface area contributed by atoms with Crippen LogP contribution in [0.15, 0.2) is 24.5 Å². The topological polar surface area (TPSA) is 42.7 Å². The lowest BCUT2D eigenvalue weighted by Crippen LogP contribution is -2.21. The van der Waals surface area contributed by atoms with Crippen molar-refractivity contribution in [1.82, 2.24) is 20.1 Å². The number of aryl methyl sites for hydroxylation is 1. The fourth-order valence-electron chi connectivity index (χ4n) is 1.70. The Morgan fingerprint density at radius 2 is 2.17 bits per heavy atom.